The highest BCUT2D eigenvalue weighted by Crippen LogP contribution is 2.10. The monoisotopic (exact) mass is 324 g/mol. The van der Waals surface area contributed by atoms with Crippen LogP contribution in [-0.2, 0) is 11.3 Å². The predicted molar refractivity (Wildman–Crippen MR) is 73.2 cm³/mol. The summed E-state index contributed by atoms with van der Waals surface area (Å²) in [6.45, 7) is 1.87. The van der Waals surface area contributed by atoms with Gasteiger partial charge in [0.05, 0.1) is 11.9 Å². The zero-order chi connectivity index (χ0) is 13.8. The molecule has 0 aliphatic heterocycles. The number of anilines is 1. The van der Waals surface area contributed by atoms with E-state index in [2.05, 4.69) is 36.5 Å². The van der Waals surface area contributed by atoms with Crippen molar-refractivity contribution in [2.75, 3.05) is 5.32 Å². The molecule has 0 aliphatic rings. The van der Waals surface area contributed by atoms with Gasteiger partial charge in [-0.1, -0.05) is 5.21 Å². The molecular weight excluding hydrogens is 312 g/mol. The predicted octanol–water partition coefficient (Wildman–Crippen LogP) is 1.09. The van der Waals surface area contributed by atoms with E-state index in [1.54, 1.807) is 31.5 Å². The lowest BCUT2D eigenvalue weighted by Crippen LogP contribution is -2.19. The summed E-state index contributed by atoms with van der Waals surface area (Å²) < 4.78 is 2.29. The molecule has 100 valence electrons. The molecule has 8 heteroatoms. The SMILES string of the molecule is CC(N)c1cn(CC(=O)Nc2ccc(Br)cn2)nn1. The fraction of sp³-hybridized carbons (Fsp3) is 0.273. The summed E-state index contributed by atoms with van der Waals surface area (Å²) in [5.41, 5.74) is 6.31. The smallest absolute Gasteiger partial charge is 0.247 e. The molecule has 2 rings (SSSR count). The summed E-state index contributed by atoms with van der Waals surface area (Å²) in [4.78, 5) is 15.8. The molecule has 0 saturated heterocycles. The maximum atomic E-state index is 11.8. The summed E-state index contributed by atoms with van der Waals surface area (Å²) in [5, 5.41) is 10.4. The van der Waals surface area contributed by atoms with Gasteiger partial charge in [0, 0.05) is 16.7 Å². The zero-order valence-electron chi connectivity index (χ0n) is 10.2. The lowest BCUT2D eigenvalue weighted by atomic mass is 10.3. The Labute approximate surface area is 118 Å². The topological polar surface area (TPSA) is 98.7 Å². The second-order valence-electron chi connectivity index (χ2n) is 4.04. The van der Waals surface area contributed by atoms with Crippen LogP contribution in [0.2, 0.25) is 0 Å². The molecule has 0 bridgehead atoms. The summed E-state index contributed by atoms with van der Waals surface area (Å²) in [5.74, 6) is 0.261. The molecular formula is C11H13BrN6O. The Morgan fingerprint density at radius 3 is 2.95 bits per heavy atom. The number of nitrogens with one attached hydrogen (secondary N) is 1. The molecule has 0 aromatic carbocycles. The fourth-order valence-electron chi connectivity index (χ4n) is 1.38. The quantitative estimate of drug-likeness (QED) is 0.877. The molecule has 0 fully saturated rings. The van der Waals surface area contributed by atoms with Gasteiger partial charge >= 0.3 is 0 Å². The number of nitrogens with zero attached hydrogens (tertiary/aromatic N) is 4. The van der Waals surface area contributed by atoms with Gasteiger partial charge in [0.15, 0.2) is 0 Å². The number of carbonyl (C=O) groups excluding carboxylic acids is 1. The van der Waals surface area contributed by atoms with Gasteiger partial charge in [-0.05, 0) is 35.0 Å². The molecule has 2 heterocycles. The largest absolute Gasteiger partial charge is 0.323 e. The zero-order valence-corrected chi connectivity index (χ0v) is 11.8. The number of pyridine rings is 1. The molecule has 1 atom stereocenters. The average molecular weight is 325 g/mol. The molecule has 19 heavy (non-hydrogen) atoms. The van der Waals surface area contributed by atoms with Crippen LogP contribution in [-0.4, -0.2) is 25.9 Å². The summed E-state index contributed by atoms with van der Waals surface area (Å²) in [6.07, 6.45) is 3.26. The third-order valence-electron chi connectivity index (χ3n) is 2.32. The lowest BCUT2D eigenvalue weighted by Gasteiger charge is -2.03. The molecule has 1 amide bonds. The Bertz CT molecular complexity index is 565. The summed E-state index contributed by atoms with van der Waals surface area (Å²) >= 11 is 3.27. The number of carbonyl (C=O) groups is 1. The third-order valence-corrected chi connectivity index (χ3v) is 2.79. The van der Waals surface area contributed by atoms with E-state index < -0.39 is 0 Å². The molecule has 3 N–H and O–H groups in total. The number of halogens is 1. The van der Waals surface area contributed by atoms with Crippen molar-refractivity contribution >= 4 is 27.7 Å². The van der Waals surface area contributed by atoms with Crippen molar-refractivity contribution < 1.29 is 4.79 Å². The number of hydrogen-bond donors (Lipinski definition) is 2. The lowest BCUT2D eigenvalue weighted by molar-refractivity contribution is -0.116. The fourth-order valence-corrected chi connectivity index (χ4v) is 1.61. The molecule has 2 aromatic rings. The highest BCUT2D eigenvalue weighted by Gasteiger charge is 2.09. The van der Waals surface area contributed by atoms with Crippen LogP contribution < -0.4 is 11.1 Å². The minimum atomic E-state index is -0.226. The van der Waals surface area contributed by atoms with Crippen LogP contribution in [0.25, 0.3) is 0 Å². The second kappa shape index (κ2) is 5.89. The van der Waals surface area contributed by atoms with E-state index in [4.69, 9.17) is 5.73 Å². The van der Waals surface area contributed by atoms with Crippen molar-refractivity contribution in [2.24, 2.45) is 5.73 Å². The first-order chi connectivity index (χ1) is 9.04. The Balaban J connectivity index is 1.95. The summed E-state index contributed by atoms with van der Waals surface area (Å²) in [7, 11) is 0. The van der Waals surface area contributed by atoms with Crippen LogP contribution in [0.3, 0.4) is 0 Å². The van der Waals surface area contributed by atoms with Gasteiger partial charge in [-0.3, -0.25) is 4.79 Å². The van der Waals surface area contributed by atoms with Gasteiger partial charge in [-0.15, -0.1) is 5.10 Å². The van der Waals surface area contributed by atoms with Crippen molar-refractivity contribution in [2.45, 2.75) is 19.5 Å². The van der Waals surface area contributed by atoms with E-state index >= 15 is 0 Å². The molecule has 1 unspecified atom stereocenters. The maximum absolute atomic E-state index is 11.8. The normalized spacial score (nSPS) is 12.2. The van der Waals surface area contributed by atoms with E-state index in [0.717, 1.165) is 4.47 Å². The van der Waals surface area contributed by atoms with Crippen LogP contribution in [0.5, 0.6) is 0 Å². The number of nitrogens with two attached hydrogens (primary N) is 1. The van der Waals surface area contributed by atoms with Crippen molar-refractivity contribution in [3.05, 3.63) is 34.7 Å². The van der Waals surface area contributed by atoms with Gasteiger partial charge in [0.2, 0.25) is 5.91 Å². The van der Waals surface area contributed by atoms with Crippen molar-refractivity contribution in [3.8, 4) is 0 Å². The van der Waals surface area contributed by atoms with Crippen molar-refractivity contribution in [3.63, 3.8) is 0 Å². The van der Waals surface area contributed by atoms with Crippen LogP contribution in [0.1, 0.15) is 18.7 Å². The van der Waals surface area contributed by atoms with E-state index in [9.17, 15) is 4.79 Å². The van der Waals surface area contributed by atoms with E-state index in [-0.39, 0.29) is 18.5 Å². The minimum Gasteiger partial charge on any atom is -0.323 e. The standard InChI is InChI=1S/C11H13BrN6O/c1-7(13)9-5-18(17-16-9)6-11(19)15-10-3-2-8(12)4-14-10/h2-5,7H,6,13H2,1H3,(H,14,15,19). The van der Waals surface area contributed by atoms with Gasteiger partial charge in [-0.2, -0.15) is 0 Å². The van der Waals surface area contributed by atoms with Crippen LogP contribution >= 0.6 is 15.9 Å². The number of hydrogen-bond acceptors (Lipinski definition) is 5. The van der Waals surface area contributed by atoms with Gasteiger partial charge in [0.25, 0.3) is 0 Å². The number of amides is 1. The van der Waals surface area contributed by atoms with Crippen molar-refractivity contribution in [1.29, 1.82) is 0 Å². The number of aromatic nitrogens is 4. The Morgan fingerprint density at radius 2 is 2.37 bits per heavy atom. The maximum Gasteiger partial charge on any atom is 0.247 e. The molecule has 0 spiro atoms. The Hall–Kier alpha value is -1.80. The van der Waals surface area contributed by atoms with Gasteiger partial charge in [0.1, 0.15) is 12.4 Å². The number of rotatable bonds is 4. The molecule has 0 aliphatic carbocycles. The van der Waals surface area contributed by atoms with Crippen LogP contribution in [0.15, 0.2) is 29.0 Å². The highest BCUT2D eigenvalue weighted by atomic mass is 79.9. The first kappa shape index (κ1) is 13.6. The van der Waals surface area contributed by atoms with Gasteiger partial charge < -0.3 is 11.1 Å². The third kappa shape index (κ3) is 3.83. The summed E-state index contributed by atoms with van der Waals surface area (Å²) in [6, 6.07) is 3.30. The first-order valence-corrected chi connectivity index (χ1v) is 6.41. The Kier molecular flexibility index (Phi) is 4.23. The van der Waals surface area contributed by atoms with E-state index in [0.29, 0.717) is 11.5 Å². The minimum absolute atomic E-state index is 0.0669. The van der Waals surface area contributed by atoms with E-state index in [1.807, 2.05) is 0 Å². The van der Waals surface area contributed by atoms with E-state index in [1.165, 1.54) is 4.68 Å². The highest BCUT2D eigenvalue weighted by molar-refractivity contribution is 9.10. The molecule has 0 radical (unpaired) electrons. The van der Waals surface area contributed by atoms with Crippen molar-refractivity contribution in [1.82, 2.24) is 20.0 Å². The molecule has 2 aromatic heterocycles. The van der Waals surface area contributed by atoms with Crippen LogP contribution in [0.4, 0.5) is 5.82 Å². The molecule has 0 saturated carbocycles. The molecule has 7 nitrogen and oxygen atoms in total. The van der Waals surface area contributed by atoms with Crippen LogP contribution in [0, 0.1) is 0 Å². The Morgan fingerprint density at radius 1 is 1.58 bits per heavy atom. The second-order valence-corrected chi connectivity index (χ2v) is 4.96. The average Bonchev–Trinajstić information content (AvgIpc) is 2.80. The first-order valence-electron chi connectivity index (χ1n) is 5.61. The van der Waals surface area contributed by atoms with Gasteiger partial charge in [-0.25, -0.2) is 9.67 Å².